The molecule has 0 saturated heterocycles. The van der Waals surface area contributed by atoms with E-state index in [1.165, 1.54) is 5.56 Å². The van der Waals surface area contributed by atoms with Gasteiger partial charge in [0.05, 0.1) is 0 Å². The van der Waals surface area contributed by atoms with Gasteiger partial charge in [0.25, 0.3) is 0 Å². The van der Waals surface area contributed by atoms with Gasteiger partial charge in [-0.05, 0) is 46.9 Å². The fourth-order valence-corrected chi connectivity index (χ4v) is 2.25. The van der Waals surface area contributed by atoms with Crippen LogP contribution in [0.4, 0.5) is 5.69 Å². The first-order valence-electron chi connectivity index (χ1n) is 7.20. The van der Waals surface area contributed by atoms with E-state index in [1.54, 1.807) is 6.08 Å². The van der Waals surface area contributed by atoms with Gasteiger partial charge in [-0.2, -0.15) is 0 Å². The predicted molar refractivity (Wildman–Crippen MR) is 96.9 cm³/mol. The van der Waals surface area contributed by atoms with Gasteiger partial charge < -0.3 is 5.32 Å². The maximum absolute atomic E-state index is 11.9. The third kappa shape index (κ3) is 4.85. The van der Waals surface area contributed by atoms with Crippen LogP contribution in [0.5, 0.6) is 0 Å². The molecule has 0 aliphatic heterocycles. The van der Waals surface area contributed by atoms with Crippen LogP contribution in [-0.4, -0.2) is 5.91 Å². The molecule has 2 rings (SSSR count). The van der Waals surface area contributed by atoms with Crippen LogP contribution in [0.1, 0.15) is 31.9 Å². The van der Waals surface area contributed by atoms with E-state index in [9.17, 15) is 4.79 Å². The van der Waals surface area contributed by atoms with E-state index in [0.29, 0.717) is 0 Å². The lowest BCUT2D eigenvalue weighted by Gasteiger charge is -2.18. The van der Waals surface area contributed by atoms with Crippen LogP contribution in [-0.2, 0) is 10.2 Å². The van der Waals surface area contributed by atoms with Gasteiger partial charge in [-0.15, -0.1) is 0 Å². The van der Waals surface area contributed by atoms with Crippen molar-refractivity contribution >= 4 is 33.6 Å². The number of hydrogen-bond acceptors (Lipinski definition) is 1. The van der Waals surface area contributed by atoms with Gasteiger partial charge >= 0.3 is 0 Å². The summed E-state index contributed by atoms with van der Waals surface area (Å²) in [6.07, 6.45) is 3.37. The van der Waals surface area contributed by atoms with Crippen LogP contribution in [0.25, 0.3) is 6.08 Å². The molecule has 0 aliphatic rings. The van der Waals surface area contributed by atoms with Gasteiger partial charge in [0.1, 0.15) is 0 Å². The second-order valence-electron chi connectivity index (χ2n) is 6.20. The molecule has 0 bridgehead atoms. The van der Waals surface area contributed by atoms with Crippen molar-refractivity contribution in [3.63, 3.8) is 0 Å². The Bertz CT molecular complexity index is 664. The minimum atomic E-state index is -0.137. The molecular formula is C19H20BrNO. The molecule has 3 heteroatoms. The van der Waals surface area contributed by atoms with Crippen LogP contribution < -0.4 is 5.32 Å². The molecule has 0 unspecified atom stereocenters. The second-order valence-corrected chi connectivity index (χ2v) is 7.12. The summed E-state index contributed by atoms with van der Waals surface area (Å²) in [7, 11) is 0. The summed E-state index contributed by atoms with van der Waals surface area (Å²) < 4.78 is 0.986. The maximum Gasteiger partial charge on any atom is 0.248 e. The molecule has 114 valence electrons. The maximum atomic E-state index is 11.9. The number of rotatable bonds is 3. The van der Waals surface area contributed by atoms with Crippen LogP contribution in [0.2, 0.25) is 0 Å². The molecule has 0 heterocycles. The van der Waals surface area contributed by atoms with Crippen molar-refractivity contribution in [2.24, 2.45) is 0 Å². The average Bonchev–Trinajstić information content (AvgIpc) is 2.47. The summed E-state index contributed by atoms with van der Waals surface area (Å²) in [6, 6.07) is 15.8. The monoisotopic (exact) mass is 357 g/mol. The molecule has 2 aromatic rings. The topological polar surface area (TPSA) is 29.1 Å². The molecular weight excluding hydrogens is 338 g/mol. The van der Waals surface area contributed by atoms with Crippen LogP contribution in [0.3, 0.4) is 0 Å². The van der Waals surface area contributed by atoms with Crippen molar-refractivity contribution in [3.8, 4) is 0 Å². The zero-order valence-electron chi connectivity index (χ0n) is 13.1. The Kier molecular flexibility index (Phi) is 5.19. The molecule has 1 N–H and O–H groups in total. The summed E-state index contributed by atoms with van der Waals surface area (Å²) in [5, 5.41) is 2.83. The highest BCUT2D eigenvalue weighted by atomic mass is 79.9. The fourth-order valence-electron chi connectivity index (χ4n) is 1.98. The van der Waals surface area contributed by atoms with Crippen LogP contribution in [0, 0.1) is 0 Å². The van der Waals surface area contributed by atoms with Crippen molar-refractivity contribution in [3.05, 3.63) is 70.2 Å². The van der Waals surface area contributed by atoms with Gasteiger partial charge in [-0.3, -0.25) is 4.79 Å². The highest BCUT2D eigenvalue weighted by molar-refractivity contribution is 9.10. The van der Waals surface area contributed by atoms with E-state index in [4.69, 9.17) is 0 Å². The van der Waals surface area contributed by atoms with Crippen molar-refractivity contribution in [1.29, 1.82) is 0 Å². The van der Waals surface area contributed by atoms with E-state index >= 15 is 0 Å². The molecule has 0 spiro atoms. The predicted octanol–water partition coefficient (Wildman–Crippen LogP) is 5.40. The summed E-state index contributed by atoms with van der Waals surface area (Å²) in [4.78, 5) is 11.9. The standard InChI is InChI=1S/C19H20BrNO/c1-19(2,3)15-7-4-14(5-8-15)6-13-18(22)21-17-11-9-16(20)10-12-17/h4-13H,1-3H3,(H,21,22). The highest BCUT2D eigenvalue weighted by Crippen LogP contribution is 2.22. The summed E-state index contributed by atoms with van der Waals surface area (Å²) in [6.45, 7) is 6.55. The SMILES string of the molecule is CC(C)(C)c1ccc(C=CC(=O)Nc2ccc(Br)cc2)cc1. The van der Waals surface area contributed by atoms with Crippen molar-refractivity contribution < 1.29 is 4.79 Å². The summed E-state index contributed by atoms with van der Waals surface area (Å²) >= 11 is 3.37. The minimum Gasteiger partial charge on any atom is -0.323 e. The molecule has 2 aromatic carbocycles. The molecule has 1 amide bonds. The van der Waals surface area contributed by atoms with E-state index in [1.807, 2.05) is 42.5 Å². The van der Waals surface area contributed by atoms with Crippen molar-refractivity contribution in [2.45, 2.75) is 26.2 Å². The smallest absolute Gasteiger partial charge is 0.248 e. The number of nitrogens with one attached hydrogen (secondary N) is 1. The molecule has 2 nitrogen and oxygen atoms in total. The Hall–Kier alpha value is -1.87. The largest absolute Gasteiger partial charge is 0.323 e. The molecule has 0 atom stereocenters. The van der Waals surface area contributed by atoms with E-state index in [-0.39, 0.29) is 11.3 Å². The van der Waals surface area contributed by atoms with Gasteiger partial charge in [0, 0.05) is 16.2 Å². The number of carbonyl (C=O) groups is 1. The molecule has 0 radical (unpaired) electrons. The number of carbonyl (C=O) groups excluding carboxylic acids is 1. The van der Waals surface area contributed by atoms with Gasteiger partial charge in [0.15, 0.2) is 0 Å². The van der Waals surface area contributed by atoms with E-state index in [0.717, 1.165) is 15.7 Å². The lowest BCUT2D eigenvalue weighted by atomic mass is 9.87. The summed E-state index contributed by atoms with van der Waals surface area (Å²) in [5.74, 6) is -0.137. The lowest BCUT2D eigenvalue weighted by molar-refractivity contribution is -0.111. The minimum absolute atomic E-state index is 0.137. The second kappa shape index (κ2) is 6.93. The summed E-state index contributed by atoms with van der Waals surface area (Å²) in [5.41, 5.74) is 3.21. The van der Waals surface area contributed by atoms with E-state index in [2.05, 4.69) is 54.2 Å². The van der Waals surface area contributed by atoms with Crippen molar-refractivity contribution in [1.82, 2.24) is 0 Å². The number of benzene rings is 2. The number of hydrogen-bond donors (Lipinski definition) is 1. The quantitative estimate of drug-likeness (QED) is 0.732. The molecule has 22 heavy (non-hydrogen) atoms. The van der Waals surface area contributed by atoms with Gasteiger partial charge in [-0.1, -0.05) is 61.0 Å². The Morgan fingerprint density at radius 1 is 1.00 bits per heavy atom. The molecule has 0 aliphatic carbocycles. The zero-order valence-corrected chi connectivity index (χ0v) is 14.6. The van der Waals surface area contributed by atoms with Crippen LogP contribution >= 0.6 is 15.9 Å². The number of amides is 1. The first-order chi connectivity index (χ1) is 10.3. The first kappa shape index (κ1) is 16.5. The Labute approximate surface area is 140 Å². The number of anilines is 1. The van der Waals surface area contributed by atoms with Crippen molar-refractivity contribution in [2.75, 3.05) is 5.32 Å². The molecule has 0 fully saturated rings. The Morgan fingerprint density at radius 3 is 2.14 bits per heavy atom. The highest BCUT2D eigenvalue weighted by Gasteiger charge is 2.12. The molecule has 0 saturated carbocycles. The normalized spacial score (nSPS) is 11.6. The van der Waals surface area contributed by atoms with Gasteiger partial charge in [-0.25, -0.2) is 0 Å². The van der Waals surface area contributed by atoms with E-state index < -0.39 is 0 Å². The average molecular weight is 358 g/mol. The third-order valence-electron chi connectivity index (χ3n) is 3.32. The first-order valence-corrected chi connectivity index (χ1v) is 7.99. The Morgan fingerprint density at radius 2 is 1.59 bits per heavy atom. The molecule has 0 aromatic heterocycles. The fraction of sp³-hybridized carbons (Fsp3) is 0.211. The zero-order chi connectivity index (χ0) is 16.2. The van der Waals surface area contributed by atoms with Crippen LogP contribution in [0.15, 0.2) is 59.1 Å². The van der Waals surface area contributed by atoms with Gasteiger partial charge in [0.2, 0.25) is 5.91 Å². The number of halogens is 1. The third-order valence-corrected chi connectivity index (χ3v) is 3.84. The Balaban J connectivity index is 1.99. The lowest BCUT2D eigenvalue weighted by Crippen LogP contribution is -2.10.